The second kappa shape index (κ2) is 7.43. The fraction of sp³-hybridized carbons (Fsp3) is 0.333. The summed E-state index contributed by atoms with van der Waals surface area (Å²) >= 11 is 6.16. The number of rotatable bonds is 4. The quantitative estimate of drug-likeness (QED) is 0.825. The molecule has 0 atom stereocenters. The van der Waals surface area contributed by atoms with Crippen molar-refractivity contribution in [1.82, 2.24) is 5.32 Å². The van der Waals surface area contributed by atoms with E-state index in [-0.39, 0.29) is 35.0 Å². The molecule has 3 rings (SSSR count). The van der Waals surface area contributed by atoms with Crippen molar-refractivity contribution in [2.45, 2.75) is 45.9 Å². The van der Waals surface area contributed by atoms with Gasteiger partial charge in [-0.1, -0.05) is 17.7 Å². The first-order valence-corrected chi connectivity index (χ1v) is 9.36. The van der Waals surface area contributed by atoms with E-state index < -0.39 is 11.4 Å². The van der Waals surface area contributed by atoms with Crippen LogP contribution >= 0.6 is 11.6 Å². The Morgan fingerprint density at radius 1 is 1.29 bits per heavy atom. The monoisotopic (exact) mass is 404 g/mol. The van der Waals surface area contributed by atoms with Gasteiger partial charge in [0, 0.05) is 22.2 Å². The largest absolute Gasteiger partial charge is 0.476 e. The number of hydrogen-bond donors (Lipinski definition) is 1. The second-order valence-corrected chi connectivity index (χ2v) is 7.92. The highest BCUT2D eigenvalue weighted by Crippen LogP contribution is 2.40. The molecule has 148 valence electrons. The van der Waals surface area contributed by atoms with Gasteiger partial charge >= 0.3 is 0 Å². The van der Waals surface area contributed by atoms with Crippen LogP contribution in [0, 0.1) is 5.82 Å². The van der Waals surface area contributed by atoms with Crippen LogP contribution in [0.25, 0.3) is 0 Å². The summed E-state index contributed by atoms with van der Waals surface area (Å²) < 4.78 is 20.2. The molecule has 0 radical (unpaired) electrons. The summed E-state index contributed by atoms with van der Waals surface area (Å²) in [6.07, 6.45) is 0. The van der Waals surface area contributed by atoms with Crippen LogP contribution in [0.15, 0.2) is 36.4 Å². The molecule has 7 heteroatoms. The zero-order valence-corrected chi connectivity index (χ0v) is 16.9. The van der Waals surface area contributed by atoms with Crippen LogP contribution in [-0.2, 0) is 11.3 Å². The van der Waals surface area contributed by atoms with E-state index in [2.05, 4.69) is 5.32 Å². The van der Waals surface area contributed by atoms with Crippen molar-refractivity contribution >= 4 is 29.1 Å². The van der Waals surface area contributed by atoms with E-state index in [4.69, 9.17) is 16.3 Å². The average molecular weight is 405 g/mol. The molecule has 1 heterocycles. The Bertz CT molecular complexity index is 923. The standard InChI is InChI=1S/C21H22ClFN2O3/c1-12(2)24-19(26)13-8-9-18-17(10-13)25(20(27)21(3,4)28-18)11-14-15(22)6-5-7-16(14)23/h5-10,12H,11H2,1-4H3,(H,24,26). The van der Waals surface area contributed by atoms with Gasteiger partial charge in [-0.15, -0.1) is 0 Å². The molecule has 28 heavy (non-hydrogen) atoms. The van der Waals surface area contributed by atoms with Gasteiger partial charge in [0.25, 0.3) is 11.8 Å². The Morgan fingerprint density at radius 2 is 2.00 bits per heavy atom. The molecule has 2 aromatic rings. The smallest absolute Gasteiger partial charge is 0.271 e. The Labute approximate surface area is 168 Å². The minimum Gasteiger partial charge on any atom is -0.476 e. The van der Waals surface area contributed by atoms with Crippen molar-refractivity contribution < 1.29 is 18.7 Å². The number of anilines is 1. The zero-order valence-electron chi connectivity index (χ0n) is 16.2. The van der Waals surface area contributed by atoms with Gasteiger partial charge in [-0.25, -0.2) is 4.39 Å². The Balaban J connectivity index is 2.06. The van der Waals surface area contributed by atoms with Gasteiger partial charge in [-0.05, 0) is 58.0 Å². The fourth-order valence-electron chi connectivity index (χ4n) is 3.05. The number of fused-ring (bicyclic) bond motifs is 1. The van der Waals surface area contributed by atoms with Crippen LogP contribution in [0.1, 0.15) is 43.6 Å². The minimum atomic E-state index is -1.13. The number of nitrogens with one attached hydrogen (secondary N) is 1. The number of halogens is 2. The molecule has 1 aliphatic heterocycles. The normalized spacial score (nSPS) is 15.2. The van der Waals surface area contributed by atoms with Crippen molar-refractivity contribution in [2.24, 2.45) is 0 Å². The van der Waals surface area contributed by atoms with Crippen molar-refractivity contribution in [1.29, 1.82) is 0 Å². The number of carbonyl (C=O) groups excluding carboxylic acids is 2. The molecular weight excluding hydrogens is 383 g/mol. The zero-order chi connectivity index (χ0) is 20.6. The molecule has 0 saturated carbocycles. The van der Waals surface area contributed by atoms with E-state index in [1.54, 1.807) is 38.1 Å². The van der Waals surface area contributed by atoms with Crippen molar-refractivity contribution in [3.8, 4) is 5.75 Å². The van der Waals surface area contributed by atoms with Gasteiger partial charge in [0.05, 0.1) is 12.2 Å². The number of nitrogens with zero attached hydrogens (tertiary/aromatic N) is 1. The van der Waals surface area contributed by atoms with Gasteiger partial charge in [0.1, 0.15) is 11.6 Å². The summed E-state index contributed by atoms with van der Waals surface area (Å²) in [5, 5.41) is 3.04. The highest BCUT2D eigenvalue weighted by Gasteiger charge is 2.41. The highest BCUT2D eigenvalue weighted by atomic mass is 35.5. The van der Waals surface area contributed by atoms with Crippen LogP contribution in [0.2, 0.25) is 5.02 Å². The van der Waals surface area contributed by atoms with E-state index in [0.29, 0.717) is 17.0 Å². The first kappa shape index (κ1) is 20.1. The van der Waals surface area contributed by atoms with E-state index >= 15 is 0 Å². The molecule has 2 amide bonds. The summed E-state index contributed by atoms with van der Waals surface area (Å²) in [4.78, 5) is 26.8. The molecule has 1 aliphatic rings. The Morgan fingerprint density at radius 3 is 2.64 bits per heavy atom. The van der Waals surface area contributed by atoms with E-state index in [0.717, 1.165) is 0 Å². The van der Waals surface area contributed by atoms with Crippen LogP contribution in [0.4, 0.5) is 10.1 Å². The number of benzene rings is 2. The Kier molecular flexibility index (Phi) is 5.35. The predicted octanol–water partition coefficient (Wildman–Crippen LogP) is 4.32. The third kappa shape index (κ3) is 3.83. The molecule has 0 unspecified atom stereocenters. The maximum Gasteiger partial charge on any atom is 0.271 e. The van der Waals surface area contributed by atoms with Gasteiger partial charge in [0.15, 0.2) is 5.60 Å². The van der Waals surface area contributed by atoms with Crippen LogP contribution in [-0.4, -0.2) is 23.5 Å². The van der Waals surface area contributed by atoms with Crippen LogP contribution in [0.5, 0.6) is 5.75 Å². The summed E-state index contributed by atoms with van der Waals surface area (Å²) in [6, 6.07) is 9.21. The first-order valence-electron chi connectivity index (χ1n) is 8.99. The summed E-state index contributed by atoms with van der Waals surface area (Å²) in [5.74, 6) is -0.669. The first-order chi connectivity index (χ1) is 13.1. The second-order valence-electron chi connectivity index (χ2n) is 7.51. The van der Waals surface area contributed by atoms with Gasteiger partial charge < -0.3 is 15.0 Å². The third-order valence-electron chi connectivity index (χ3n) is 4.43. The lowest BCUT2D eigenvalue weighted by molar-refractivity contribution is -0.132. The third-order valence-corrected chi connectivity index (χ3v) is 4.79. The molecule has 5 nitrogen and oxygen atoms in total. The number of hydrogen-bond acceptors (Lipinski definition) is 3. The number of amides is 2. The van der Waals surface area contributed by atoms with Gasteiger partial charge in [0.2, 0.25) is 0 Å². The van der Waals surface area contributed by atoms with Gasteiger partial charge in [-0.2, -0.15) is 0 Å². The number of ether oxygens (including phenoxy) is 1. The minimum absolute atomic E-state index is 0.0336. The maximum absolute atomic E-state index is 14.3. The molecule has 0 fully saturated rings. The molecule has 0 saturated heterocycles. The molecule has 2 aromatic carbocycles. The van der Waals surface area contributed by atoms with Crippen LogP contribution < -0.4 is 15.0 Å². The lowest BCUT2D eigenvalue weighted by Crippen LogP contribution is -2.52. The predicted molar refractivity (Wildman–Crippen MR) is 106 cm³/mol. The average Bonchev–Trinajstić information content (AvgIpc) is 2.60. The Hall–Kier alpha value is -2.60. The van der Waals surface area contributed by atoms with Gasteiger partial charge in [-0.3, -0.25) is 9.59 Å². The summed E-state index contributed by atoms with van der Waals surface area (Å²) in [7, 11) is 0. The molecule has 0 bridgehead atoms. The van der Waals surface area contributed by atoms with Crippen molar-refractivity contribution in [3.63, 3.8) is 0 Å². The summed E-state index contributed by atoms with van der Waals surface area (Å²) in [6.45, 7) is 6.94. The lowest BCUT2D eigenvalue weighted by Gasteiger charge is -2.39. The van der Waals surface area contributed by atoms with E-state index in [9.17, 15) is 14.0 Å². The molecular formula is C21H22ClFN2O3. The van der Waals surface area contributed by atoms with E-state index in [1.165, 1.54) is 17.0 Å². The molecule has 0 aliphatic carbocycles. The number of carbonyl (C=O) groups is 2. The molecule has 1 N–H and O–H groups in total. The lowest BCUT2D eigenvalue weighted by atomic mass is 10.0. The van der Waals surface area contributed by atoms with Crippen molar-refractivity contribution in [2.75, 3.05) is 4.90 Å². The van der Waals surface area contributed by atoms with Crippen molar-refractivity contribution in [3.05, 3.63) is 58.4 Å². The molecule has 0 aromatic heterocycles. The van der Waals surface area contributed by atoms with Crippen LogP contribution in [0.3, 0.4) is 0 Å². The summed E-state index contributed by atoms with van der Waals surface area (Å²) in [5.41, 5.74) is -0.140. The highest BCUT2D eigenvalue weighted by molar-refractivity contribution is 6.31. The SMILES string of the molecule is CC(C)NC(=O)c1ccc2c(c1)N(Cc1c(F)cccc1Cl)C(=O)C(C)(C)O2. The van der Waals surface area contributed by atoms with E-state index in [1.807, 2.05) is 13.8 Å². The topological polar surface area (TPSA) is 58.6 Å². The fourth-order valence-corrected chi connectivity index (χ4v) is 3.28. The maximum atomic E-state index is 14.3. The molecule has 0 spiro atoms.